The van der Waals surface area contributed by atoms with Crippen LogP contribution in [-0.2, 0) is 5.41 Å². The summed E-state index contributed by atoms with van der Waals surface area (Å²) < 4.78 is 11.9. The fourth-order valence-corrected chi connectivity index (χ4v) is 2.22. The molecule has 0 aliphatic rings. The Bertz CT molecular complexity index is 464. The van der Waals surface area contributed by atoms with Gasteiger partial charge >= 0.3 is 0 Å². The Kier molecular flexibility index (Phi) is 8.16. The monoisotopic (exact) mass is 423 g/mol. The van der Waals surface area contributed by atoms with E-state index in [1.165, 1.54) is 0 Å². The molecule has 128 valence electrons. The van der Waals surface area contributed by atoms with E-state index in [-0.39, 0.29) is 29.4 Å². The first-order valence-corrected chi connectivity index (χ1v) is 7.33. The lowest BCUT2D eigenvalue weighted by Gasteiger charge is -2.28. The van der Waals surface area contributed by atoms with E-state index < -0.39 is 6.10 Å². The highest BCUT2D eigenvalue weighted by Gasteiger charge is 2.22. The zero-order chi connectivity index (χ0) is 16.3. The summed E-state index contributed by atoms with van der Waals surface area (Å²) >= 11 is 0. The number of ether oxygens (including phenoxy) is 2. The second-order valence-electron chi connectivity index (χ2n) is 7.55. The zero-order valence-electron chi connectivity index (χ0n) is 14.8. The average Bonchev–Trinajstić information content (AvgIpc) is 2.33. The van der Waals surface area contributed by atoms with Gasteiger partial charge in [-0.2, -0.15) is 0 Å². The summed E-state index contributed by atoms with van der Waals surface area (Å²) in [5, 5.41) is 10.1. The standard InChI is InChI=1S/C17H30NO3.HI/c1-17(2,3)15-10-14(20-7)8-9-16(15)21-12-13(19)11-18(4,5)6;/h8-10,13,19H,11-12H2,1-7H3;1H/q+1;/p-1. The fraction of sp³-hybridized carbons (Fsp3) is 0.647. The van der Waals surface area contributed by atoms with Gasteiger partial charge in [-0.3, -0.25) is 0 Å². The van der Waals surface area contributed by atoms with Crippen LogP contribution in [0.1, 0.15) is 26.3 Å². The lowest BCUT2D eigenvalue weighted by atomic mass is 9.86. The first kappa shape index (κ1) is 21.5. The largest absolute Gasteiger partial charge is 1.00 e. The van der Waals surface area contributed by atoms with Crippen molar-refractivity contribution in [1.82, 2.24) is 0 Å². The van der Waals surface area contributed by atoms with Gasteiger partial charge in [0.2, 0.25) is 0 Å². The third-order valence-electron chi connectivity index (χ3n) is 3.18. The number of likely N-dealkylation sites (N-methyl/N-ethyl adjacent to an activating group) is 1. The molecule has 0 saturated carbocycles. The minimum atomic E-state index is -0.486. The molecule has 0 fully saturated rings. The van der Waals surface area contributed by atoms with Crippen molar-refractivity contribution in [1.29, 1.82) is 0 Å². The van der Waals surface area contributed by atoms with Gasteiger partial charge in [-0.15, -0.1) is 0 Å². The number of aliphatic hydroxyl groups is 1. The topological polar surface area (TPSA) is 38.7 Å². The Morgan fingerprint density at radius 2 is 1.77 bits per heavy atom. The number of hydrogen-bond acceptors (Lipinski definition) is 3. The van der Waals surface area contributed by atoms with E-state index in [0.29, 0.717) is 17.6 Å². The Balaban J connectivity index is 0.00000441. The van der Waals surface area contributed by atoms with Crippen molar-refractivity contribution in [3.8, 4) is 11.5 Å². The summed E-state index contributed by atoms with van der Waals surface area (Å²) in [6.07, 6.45) is -0.486. The van der Waals surface area contributed by atoms with Crippen molar-refractivity contribution >= 4 is 0 Å². The molecule has 0 spiro atoms. The van der Waals surface area contributed by atoms with E-state index in [0.717, 1.165) is 17.1 Å². The lowest BCUT2D eigenvalue weighted by Crippen LogP contribution is -3.00. The van der Waals surface area contributed by atoms with Crippen LogP contribution in [0.2, 0.25) is 0 Å². The number of benzene rings is 1. The van der Waals surface area contributed by atoms with Crippen LogP contribution in [0.3, 0.4) is 0 Å². The SMILES string of the molecule is COc1ccc(OCC(O)C[N+](C)(C)C)c(C(C)(C)C)c1.[I-]. The molecule has 0 aliphatic heterocycles. The molecule has 0 amide bonds. The molecule has 0 saturated heterocycles. The van der Waals surface area contributed by atoms with Gasteiger partial charge in [0.25, 0.3) is 0 Å². The molecule has 1 aromatic carbocycles. The van der Waals surface area contributed by atoms with Gasteiger partial charge in [0.05, 0.1) is 28.3 Å². The molecule has 22 heavy (non-hydrogen) atoms. The molecule has 0 aliphatic carbocycles. The molecule has 5 heteroatoms. The smallest absolute Gasteiger partial charge is 0.137 e. The van der Waals surface area contributed by atoms with Crippen LogP contribution in [0.5, 0.6) is 11.5 Å². The molecular formula is C17H30INO3. The van der Waals surface area contributed by atoms with Crippen LogP contribution < -0.4 is 33.5 Å². The van der Waals surface area contributed by atoms with Crippen molar-refractivity contribution in [2.75, 3.05) is 41.4 Å². The first-order chi connectivity index (χ1) is 9.53. The van der Waals surface area contributed by atoms with Crippen molar-refractivity contribution in [2.24, 2.45) is 0 Å². The van der Waals surface area contributed by atoms with E-state index in [2.05, 4.69) is 41.9 Å². The minimum Gasteiger partial charge on any atom is -1.00 e. The van der Waals surface area contributed by atoms with E-state index in [1.807, 2.05) is 18.2 Å². The van der Waals surface area contributed by atoms with Gasteiger partial charge < -0.3 is 43.0 Å². The summed E-state index contributed by atoms with van der Waals surface area (Å²) in [5.74, 6) is 1.63. The number of hydrogen-bond donors (Lipinski definition) is 1. The van der Waals surface area contributed by atoms with Crippen molar-refractivity contribution < 1.29 is 43.0 Å². The normalized spacial score (nSPS) is 13.3. The minimum absolute atomic E-state index is 0. The predicted molar refractivity (Wildman–Crippen MR) is 86.1 cm³/mol. The maximum absolute atomic E-state index is 10.1. The van der Waals surface area contributed by atoms with Crippen LogP contribution in [0.25, 0.3) is 0 Å². The zero-order valence-corrected chi connectivity index (χ0v) is 17.0. The predicted octanol–water partition coefficient (Wildman–Crippen LogP) is -0.557. The molecule has 1 N–H and O–H groups in total. The molecule has 4 nitrogen and oxygen atoms in total. The number of rotatable bonds is 6. The van der Waals surface area contributed by atoms with Gasteiger partial charge in [0.15, 0.2) is 0 Å². The quantitative estimate of drug-likeness (QED) is 0.493. The molecule has 0 bridgehead atoms. The van der Waals surface area contributed by atoms with Crippen molar-refractivity contribution in [3.05, 3.63) is 23.8 Å². The van der Waals surface area contributed by atoms with Crippen molar-refractivity contribution in [2.45, 2.75) is 32.3 Å². The van der Waals surface area contributed by atoms with Gasteiger partial charge in [-0.05, 0) is 23.6 Å². The maximum atomic E-state index is 10.1. The van der Waals surface area contributed by atoms with E-state index >= 15 is 0 Å². The summed E-state index contributed by atoms with van der Waals surface area (Å²) in [4.78, 5) is 0. The van der Waals surface area contributed by atoms with Gasteiger partial charge in [-0.25, -0.2) is 0 Å². The Hall–Kier alpha value is -0.530. The van der Waals surface area contributed by atoms with Crippen LogP contribution >= 0.6 is 0 Å². The van der Waals surface area contributed by atoms with Crippen LogP contribution in [0, 0.1) is 0 Å². The highest BCUT2D eigenvalue weighted by Crippen LogP contribution is 2.34. The number of quaternary nitrogens is 1. The fourth-order valence-electron chi connectivity index (χ4n) is 2.22. The van der Waals surface area contributed by atoms with E-state index in [4.69, 9.17) is 9.47 Å². The summed E-state index contributed by atoms with van der Waals surface area (Å²) in [6, 6.07) is 5.80. The molecule has 1 rings (SSSR count). The molecular weight excluding hydrogens is 393 g/mol. The lowest BCUT2D eigenvalue weighted by molar-refractivity contribution is -0.873. The number of aliphatic hydroxyl groups excluding tert-OH is 1. The molecule has 0 heterocycles. The Morgan fingerprint density at radius 1 is 1.18 bits per heavy atom. The van der Waals surface area contributed by atoms with Gasteiger partial charge in [0.1, 0.15) is 30.8 Å². The van der Waals surface area contributed by atoms with Crippen LogP contribution in [0.4, 0.5) is 0 Å². The molecule has 0 aromatic heterocycles. The van der Waals surface area contributed by atoms with Gasteiger partial charge in [0, 0.05) is 5.56 Å². The first-order valence-electron chi connectivity index (χ1n) is 7.33. The molecule has 1 unspecified atom stereocenters. The molecule has 0 radical (unpaired) electrons. The number of halogens is 1. The third-order valence-corrected chi connectivity index (χ3v) is 3.18. The van der Waals surface area contributed by atoms with Crippen molar-refractivity contribution in [3.63, 3.8) is 0 Å². The van der Waals surface area contributed by atoms with Crippen LogP contribution in [0.15, 0.2) is 18.2 Å². The number of nitrogens with zero attached hydrogens (tertiary/aromatic N) is 1. The Labute approximate surface area is 152 Å². The van der Waals surface area contributed by atoms with E-state index in [1.54, 1.807) is 7.11 Å². The highest BCUT2D eigenvalue weighted by atomic mass is 127. The summed E-state index contributed by atoms with van der Waals surface area (Å²) in [5.41, 5.74) is 1.04. The molecule has 1 atom stereocenters. The third kappa shape index (κ3) is 7.15. The van der Waals surface area contributed by atoms with E-state index in [9.17, 15) is 5.11 Å². The highest BCUT2D eigenvalue weighted by molar-refractivity contribution is 5.44. The second-order valence-corrected chi connectivity index (χ2v) is 7.55. The summed E-state index contributed by atoms with van der Waals surface area (Å²) in [7, 11) is 7.82. The Morgan fingerprint density at radius 3 is 2.23 bits per heavy atom. The maximum Gasteiger partial charge on any atom is 0.137 e. The number of methoxy groups -OCH3 is 1. The van der Waals surface area contributed by atoms with Gasteiger partial charge in [-0.1, -0.05) is 20.8 Å². The molecule has 1 aromatic rings. The van der Waals surface area contributed by atoms with Crippen LogP contribution in [-0.4, -0.2) is 57.1 Å². The summed E-state index contributed by atoms with van der Waals surface area (Å²) in [6.45, 7) is 7.36. The average molecular weight is 423 g/mol. The second kappa shape index (κ2) is 8.36.